The van der Waals surface area contributed by atoms with Crippen molar-refractivity contribution in [3.8, 4) is 0 Å². The Balaban J connectivity index is 6.52. The second-order valence-electron chi connectivity index (χ2n) is 21.2. The zero-order valence-corrected chi connectivity index (χ0v) is 54.6. The second kappa shape index (κ2) is 57.7. The van der Waals surface area contributed by atoms with E-state index in [-0.39, 0.29) is 234 Å². The zero-order chi connectivity index (χ0) is 69.3. The van der Waals surface area contributed by atoms with Crippen LogP contribution in [0.4, 0.5) is 0 Å². The first-order chi connectivity index (χ1) is 44.7. The molecular formula is C55H114N26O12. The number of hydrogen-bond donors (Lipinski definition) is 20. The van der Waals surface area contributed by atoms with Crippen molar-refractivity contribution < 1.29 is 57.5 Å². The van der Waals surface area contributed by atoms with Crippen LogP contribution >= 0.6 is 0 Å². The molecule has 0 heterocycles. The third-order valence-corrected chi connectivity index (χ3v) is 14.1. The molecule has 0 aromatic heterocycles. The number of rotatable bonds is 60. The third kappa shape index (κ3) is 51.2. The molecule has 28 N–H and O–H groups in total. The molecule has 0 saturated carbocycles. The Bertz CT molecular complexity index is 2000. The van der Waals surface area contributed by atoms with Gasteiger partial charge in [-0.25, -0.2) is 0 Å². The highest BCUT2D eigenvalue weighted by Crippen LogP contribution is 2.02. The summed E-state index contributed by atoms with van der Waals surface area (Å²) in [5.41, 5.74) is 43.5. The van der Waals surface area contributed by atoms with Crippen LogP contribution in [0.15, 0.2) is 0 Å². The lowest BCUT2D eigenvalue weighted by Gasteiger charge is -2.28. The van der Waals surface area contributed by atoms with E-state index in [1.54, 1.807) is 0 Å². The summed E-state index contributed by atoms with van der Waals surface area (Å²) in [4.78, 5) is 160. The van der Waals surface area contributed by atoms with Gasteiger partial charge in [-0.2, -0.15) is 0 Å². The van der Waals surface area contributed by atoms with Gasteiger partial charge < -0.3 is 119 Å². The van der Waals surface area contributed by atoms with E-state index in [0.717, 1.165) is 0 Å². The van der Waals surface area contributed by atoms with Crippen molar-refractivity contribution >= 4 is 70.9 Å². The van der Waals surface area contributed by atoms with E-state index in [4.69, 9.17) is 45.9 Å². The lowest BCUT2D eigenvalue weighted by molar-refractivity contribution is -0.123. The molecule has 536 valence electrons. The smallest absolute Gasteiger partial charge is 0.233 e. The number of amides is 12. The average Bonchev–Trinajstić information content (AvgIpc) is 3.33. The first-order valence-electron chi connectivity index (χ1n) is 31.9. The van der Waals surface area contributed by atoms with E-state index in [1.807, 2.05) is 29.4 Å². The van der Waals surface area contributed by atoms with Crippen LogP contribution in [-0.2, 0) is 57.5 Å². The number of carbonyl (C=O) groups excluding carboxylic acids is 12. The first kappa shape index (κ1) is 86.1. The zero-order valence-electron chi connectivity index (χ0n) is 54.6. The Morgan fingerprint density at radius 3 is 0.484 bits per heavy atom. The van der Waals surface area contributed by atoms with Gasteiger partial charge in [0.05, 0.1) is 52.4 Å². The molecule has 0 unspecified atom stereocenters. The molecule has 0 spiro atoms. The fourth-order valence-electron chi connectivity index (χ4n) is 8.68. The molecule has 0 radical (unpaired) electrons. The number of hydrogen-bond acceptors (Lipinski definition) is 26. The number of nitrogens with zero attached hydrogens (tertiary/aromatic N) is 6. The van der Waals surface area contributed by atoms with Crippen molar-refractivity contribution in [1.29, 1.82) is 0 Å². The van der Waals surface area contributed by atoms with Crippen molar-refractivity contribution in [1.82, 2.24) is 93.2 Å². The molecule has 0 bridgehead atoms. The van der Waals surface area contributed by atoms with E-state index in [1.165, 1.54) is 0 Å². The van der Waals surface area contributed by atoms with Crippen molar-refractivity contribution in [3.63, 3.8) is 0 Å². The van der Waals surface area contributed by atoms with Gasteiger partial charge in [0.25, 0.3) is 0 Å². The molecule has 0 saturated heterocycles. The van der Waals surface area contributed by atoms with Crippen LogP contribution in [0.25, 0.3) is 0 Å². The highest BCUT2D eigenvalue weighted by Gasteiger charge is 2.18. The first-order valence-corrected chi connectivity index (χ1v) is 31.9. The minimum Gasteiger partial charge on any atom is -0.356 e. The van der Waals surface area contributed by atoms with Crippen LogP contribution in [0.3, 0.4) is 0 Å². The Morgan fingerprint density at radius 2 is 0.312 bits per heavy atom. The fraction of sp³-hybridized carbons (Fsp3) is 0.782. The molecule has 38 nitrogen and oxygen atoms in total. The SMILES string of the molecule is NCC(=O)NCCN(CCCNC(=O)CCN(CCC(=O)NCCN(CCNC(=O)CN)CCNC(=O)CN)CCN(CCC(=O)NCCN(CCNC(=O)CN)CCNC(=O)CN)CCC(=O)NCCN(CCNC(=O)CN)CCNC(=O)CN)CCNC(=O)CN. The van der Waals surface area contributed by atoms with Gasteiger partial charge in [-0.3, -0.25) is 77.1 Å². The number of nitrogens with one attached hydrogen (secondary N) is 12. The van der Waals surface area contributed by atoms with Gasteiger partial charge in [-0.15, -0.1) is 0 Å². The number of nitrogens with two attached hydrogens (primary N) is 8. The van der Waals surface area contributed by atoms with Crippen LogP contribution in [-0.4, -0.2) is 349 Å². The number of carbonyl (C=O) groups is 12. The van der Waals surface area contributed by atoms with Crippen LogP contribution in [0.2, 0.25) is 0 Å². The van der Waals surface area contributed by atoms with Crippen LogP contribution in [0.5, 0.6) is 0 Å². The lowest BCUT2D eigenvalue weighted by atomic mass is 10.2. The van der Waals surface area contributed by atoms with E-state index in [9.17, 15) is 57.5 Å². The molecule has 0 aliphatic heterocycles. The van der Waals surface area contributed by atoms with Gasteiger partial charge >= 0.3 is 0 Å². The topological polar surface area (TPSA) is 577 Å². The van der Waals surface area contributed by atoms with Gasteiger partial charge in [0.2, 0.25) is 70.9 Å². The summed E-state index contributed by atoms with van der Waals surface area (Å²) in [6.45, 7) is 8.40. The predicted octanol–water partition coefficient (Wildman–Crippen LogP) is -14.2. The summed E-state index contributed by atoms with van der Waals surface area (Å²) in [6, 6.07) is 0. The standard InChI is InChI=1S/C55H114N26O12/c56-36-48(86)68-10-23-76(24-11-69-49(87)37-57)18-1-6-64-44(82)2-19-77(20-3-45(83)65-7-25-79(28-12-70-50(88)38-58)29-13-71-51(89)39-59)34-35-78(21-4-46(84)66-8-26-80(30-14-72-52(90)40-60)31-15-73-53(91)41-61)22-5-47(85)67-9-27-81(32-16-74-54(92)42-62)33-17-75-55(93)43-63/h1-43,56-63H2,(H,64,82)(H,65,83)(H,66,84)(H,67,85)(H,68,86)(H,69,87)(H,70,88)(H,71,89)(H,72,90)(H,73,91)(H,74,92)(H,75,93). The summed E-state index contributed by atoms with van der Waals surface area (Å²) >= 11 is 0. The molecule has 0 aromatic rings. The summed E-state index contributed by atoms with van der Waals surface area (Å²) < 4.78 is 0. The second-order valence-corrected chi connectivity index (χ2v) is 21.2. The fourth-order valence-corrected chi connectivity index (χ4v) is 8.68. The van der Waals surface area contributed by atoms with Crippen molar-refractivity contribution in [2.45, 2.75) is 32.1 Å². The minimum absolute atomic E-state index is 0.0276. The van der Waals surface area contributed by atoms with E-state index < -0.39 is 0 Å². The van der Waals surface area contributed by atoms with Crippen molar-refractivity contribution in [3.05, 3.63) is 0 Å². The summed E-state index contributed by atoms with van der Waals surface area (Å²) in [5, 5.41) is 33.5. The maximum Gasteiger partial charge on any atom is 0.233 e. The molecule has 12 amide bonds. The Labute approximate surface area is 546 Å². The molecule has 0 rings (SSSR count). The van der Waals surface area contributed by atoms with E-state index >= 15 is 0 Å². The van der Waals surface area contributed by atoms with E-state index in [2.05, 4.69) is 63.8 Å². The highest BCUT2D eigenvalue weighted by molar-refractivity contribution is 5.81. The summed E-state index contributed by atoms with van der Waals surface area (Å²) in [7, 11) is 0. The van der Waals surface area contributed by atoms with Gasteiger partial charge in [0, 0.05) is 215 Å². The van der Waals surface area contributed by atoms with Gasteiger partial charge in [-0.05, 0) is 13.0 Å². The molecule has 0 aliphatic rings. The quantitative estimate of drug-likeness (QED) is 0.0251. The summed E-state index contributed by atoms with van der Waals surface area (Å²) in [6.07, 6.45) is 0.673. The van der Waals surface area contributed by atoms with Crippen LogP contribution < -0.4 is 110 Å². The van der Waals surface area contributed by atoms with Gasteiger partial charge in [0.1, 0.15) is 0 Å². The van der Waals surface area contributed by atoms with Gasteiger partial charge in [-0.1, -0.05) is 0 Å². The normalized spacial score (nSPS) is 11.2. The largest absolute Gasteiger partial charge is 0.356 e. The van der Waals surface area contributed by atoms with Crippen LogP contribution in [0, 0.1) is 0 Å². The maximum atomic E-state index is 13.5. The predicted molar refractivity (Wildman–Crippen MR) is 350 cm³/mol. The molecule has 38 heteroatoms. The molecule has 0 aromatic carbocycles. The third-order valence-electron chi connectivity index (χ3n) is 14.1. The highest BCUT2D eigenvalue weighted by atomic mass is 16.2. The molecule has 0 atom stereocenters. The lowest BCUT2D eigenvalue weighted by Crippen LogP contribution is -2.45. The Hall–Kier alpha value is -6.92. The van der Waals surface area contributed by atoms with Gasteiger partial charge in [0.15, 0.2) is 0 Å². The molecule has 93 heavy (non-hydrogen) atoms. The Kier molecular flexibility index (Phi) is 53.4. The molecule has 0 aliphatic carbocycles. The minimum atomic E-state index is -0.332. The summed E-state index contributed by atoms with van der Waals surface area (Å²) in [5.74, 6) is -3.72. The van der Waals surface area contributed by atoms with Crippen molar-refractivity contribution in [2.24, 2.45) is 45.9 Å². The maximum absolute atomic E-state index is 13.5. The Morgan fingerprint density at radius 1 is 0.172 bits per heavy atom. The average molecular weight is 1330 g/mol. The monoisotopic (exact) mass is 1330 g/mol. The molecule has 0 fully saturated rings. The molecular weight excluding hydrogens is 1220 g/mol. The van der Waals surface area contributed by atoms with Crippen molar-refractivity contribution in [2.75, 3.05) is 249 Å². The van der Waals surface area contributed by atoms with Crippen LogP contribution in [0.1, 0.15) is 32.1 Å². The van der Waals surface area contributed by atoms with E-state index in [0.29, 0.717) is 118 Å².